The summed E-state index contributed by atoms with van der Waals surface area (Å²) in [5.41, 5.74) is -0.00560. The van der Waals surface area contributed by atoms with Crippen molar-refractivity contribution >= 4 is 47.6 Å². The second-order valence-electron chi connectivity index (χ2n) is 4.73. The van der Waals surface area contributed by atoms with E-state index in [4.69, 9.17) is 0 Å². The highest BCUT2D eigenvalue weighted by atomic mass is 79.9. The standard InChI is InChI=1S/C14H10Br2F3NO2S/c1-8-2-4-10(5-3-8)23(21,22)20-13-11(15)6-9(7-12(13)16)14(17,18)19/h2-7,20H,1H3. The van der Waals surface area contributed by atoms with Crippen molar-refractivity contribution in [3.8, 4) is 0 Å². The Labute approximate surface area is 148 Å². The number of sulfonamides is 1. The Balaban J connectivity index is 2.42. The lowest BCUT2D eigenvalue weighted by molar-refractivity contribution is -0.137. The highest BCUT2D eigenvalue weighted by Crippen LogP contribution is 2.39. The summed E-state index contributed by atoms with van der Waals surface area (Å²) in [5.74, 6) is 0. The molecule has 0 radical (unpaired) electrons. The summed E-state index contributed by atoms with van der Waals surface area (Å²) >= 11 is 5.94. The molecule has 0 atom stereocenters. The smallest absolute Gasteiger partial charge is 0.277 e. The average molecular weight is 473 g/mol. The van der Waals surface area contributed by atoms with Gasteiger partial charge in [-0.25, -0.2) is 8.42 Å². The number of benzene rings is 2. The van der Waals surface area contributed by atoms with E-state index in [9.17, 15) is 21.6 Å². The molecule has 2 aromatic carbocycles. The van der Waals surface area contributed by atoms with Crippen LogP contribution in [0.2, 0.25) is 0 Å². The van der Waals surface area contributed by atoms with Gasteiger partial charge in [-0.1, -0.05) is 17.7 Å². The largest absolute Gasteiger partial charge is 0.416 e. The molecule has 0 saturated heterocycles. The number of halogens is 5. The van der Waals surface area contributed by atoms with Crippen molar-refractivity contribution in [1.29, 1.82) is 0 Å². The predicted octanol–water partition coefficient (Wildman–Crippen LogP) is 5.34. The molecule has 0 spiro atoms. The van der Waals surface area contributed by atoms with Gasteiger partial charge in [-0.15, -0.1) is 0 Å². The van der Waals surface area contributed by atoms with Crippen LogP contribution in [0, 0.1) is 6.92 Å². The van der Waals surface area contributed by atoms with Crippen molar-refractivity contribution in [3.63, 3.8) is 0 Å². The fraction of sp³-hybridized carbons (Fsp3) is 0.143. The number of alkyl halides is 3. The SMILES string of the molecule is Cc1ccc(S(=O)(=O)Nc2c(Br)cc(C(F)(F)F)cc2Br)cc1. The van der Waals surface area contributed by atoms with Crippen molar-refractivity contribution in [3.05, 3.63) is 56.5 Å². The van der Waals surface area contributed by atoms with Crippen LogP contribution in [0.3, 0.4) is 0 Å². The molecule has 124 valence electrons. The van der Waals surface area contributed by atoms with Gasteiger partial charge in [0.2, 0.25) is 0 Å². The van der Waals surface area contributed by atoms with Crippen molar-refractivity contribution in [1.82, 2.24) is 0 Å². The Morgan fingerprint density at radius 2 is 1.48 bits per heavy atom. The number of anilines is 1. The molecule has 0 aliphatic carbocycles. The lowest BCUT2D eigenvalue weighted by Gasteiger charge is -2.14. The molecule has 0 amide bonds. The van der Waals surface area contributed by atoms with E-state index in [1.54, 1.807) is 12.1 Å². The molecule has 0 aromatic heterocycles. The van der Waals surface area contributed by atoms with Gasteiger partial charge in [-0.3, -0.25) is 4.72 Å². The second-order valence-corrected chi connectivity index (χ2v) is 8.12. The lowest BCUT2D eigenvalue weighted by atomic mass is 10.2. The number of hydrogen-bond acceptors (Lipinski definition) is 2. The predicted molar refractivity (Wildman–Crippen MR) is 88.8 cm³/mol. The van der Waals surface area contributed by atoms with Crippen LogP contribution in [0.5, 0.6) is 0 Å². The number of hydrogen-bond donors (Lipinski definition) is 1. The van der Waals surface area contributed by atoms with E-state index < -0.39 is 21.8 Å². The zero-order valence-corrected chi connectivity index (χ0v) is 15.6. The van der Waals surface area contributed by atoms with Crippen LogP contribution >= 0.6 is 31.9 Å². The van der Waals surface area contributed by atoms with Crippen LogP contribution in [0.4, 0.5) is 18.9 Å². The van der Waals surface area contributed by atoms with Crippen LogP contribution in [0.25, 0.3) is 0 Å². The van der Waals surface area contributed by atoms with Crippen LogP contribution in [0.15, 0.2) is 50.2 Å². The molecule has 0 unspecified atom stereocenters. The molecule has 0 saturated carbocycles. The fourth-order valence-electron chi connectivity index (χ4n) is 1.75. The molecule has 0 fully saturated rings. The summed E-state index contributed by atoms with van der Waals surface area (Å²) < 4.78 is 65.1. The first-order valence-corrected chi connectivity index (χ1v) is 9.23. The van der Waals surface area contributed by atoms with Crippen LogP contribution < -0.4 is 4.72 Å². The first kappa shape index (κ1) is 18.3. The second kappa shape index (κ2) is 6.45. The van der Waals surface area contributed by atoms with E-state index in [2.05, 4.69) is 36.6 Å². The van der Waals surface area contributed by atoms with E-state index in [1.807, 2.05) is 6.92 Å². The molecule has 23 heavy (non-hydrogen) atoms. The molecule has 1 N–H and O–H groups in total. The molecule has 3 nitrogen and oxygen atoms in total. The maximum Gasteiger partial charge on any atom is 0.416 e. The minimum atomic E-state index is -4.53. The van der Waals surface area contributed by atoms with Gasteiger partial charge < -0.3 is 0 Å². The van der Waals surface area contributed by atoms with Gasteiger partial charge in [-0.2, -0.15) is 13.2 Å². The summed E-state index contributed by atoms with van der Waals surface area (Å²) in [4.78, 5) is 0.0156. The Hall–Kier alpha value is -1.06. The van der Waals surface area contributed by atoms with Gasteiger partial charge in [0.15, 0.2) is 0 Å². The van der Waals surface area contributed by atoms with E-state index >= 15 is 0 Å². The zero-order valence-electron chi connectivity index (χ0n) is 11.6. The van der Waals surface area contributed by atoms with Crippen molar-refractivity contribution < 1.29 is 21.6 Å². The Morgan fingerprint density at radius 1 is 1.00 bits per heavy atom. The van der Waals surface area contributed by atoms with Gasteiger partial charge >= 0.3 is 6.18 Å². The number of nitrogens with one attached hydrogen (secondary N) is 1. The highest BCUT2D eigenvalue weighted by molar-refractivity contribution is 9.11. The van der Waals surface area contributed by atoms with Gasteiger partial charge in [0, 0.05) is 8.95 Å². The summed E-state index contributed by atoms with van der Waals surface area (Å²) in [6.45, 7) is 1.81. The normalized spacial score (nSPS) is 12.3. The third-order valence-corrected chi connectivity index (χ3v) is 5.55. The molecule has 0 aliphatic heterocycles. The highest BCUT2D eigenvalue weighted by Gasteiger charge is 2.32. The minimum absolute atomic E-state index is 0.00132. The van der Waals surface area contributed by atoms with Crippen molar-refractivity contribution in [2.45, 2.75) is 18.0 Å². The maximum absolute atomic E-state index is 12.7. The van der Waals surface area contributed by atoms with Gasteiger partial charge in [0.1, 0.15) is 0 Å². The third kappa shape index (κ3) is 4.27. The molecular formula is C14H10Br2F3NO2S. The summed E-state index contributed by atoms with van der Waals surface area (Å²) in [5, 5.41) is 0. The maximum atomic E-state index is 12.7. The van der Waals surface area contributed by atoms with E-state index in [1.165, 1.54) is 12.1 Å². The van der Waals surface area contributed by atoms with Crippen molar-refractivity contribution in [2.24, 2.45) is 0 Å². The fourth-order valence-corrected chi connectivity index (χ4v) is 4.49. The first-order valence-electron chi connectivity index (χ1n) is 6.16. The van der Waals surface area contributed by atoms with Crippen molar-refractivity contribution in [2.75, 3.05) is 4.72 Å². The van der Waals surface area contributed by atoms with E-state index in [0.717, 1.165) is 17.7 Å². The summed E-state index contributed by atoms with van der Waals surface area (Å²) in [6, 6.07) is 7.74. The molecule has 9 heteroatoms. The van der Waals surface area contributed by atoms with E-state index in [-0.39, 0.29) is 19.5 Å². The Bertz CT molecular complexity index is 811. The Kier molecular flexibility index (Phi) is 5.12. The van der Waals surface area contributed by atoms with Crippen LogP contribution in [-0.4, -0.2) is 8.42 Å². The molecular weight excluding hydrogens is 463 g/mol. The number of rotatable bonds is 3. The molecule has 0 aliphatic rings. The molecule has 0 heterocycles. The number of aryl methyl sites for hydroxylation is 1. The van der Waals surface area contributed by atoms with Crippen LogP contribution in [0.1, 0.15) is 11.1 Å². The average Bonchev–Trinajstić information content (AvgIpc) is 2.42. The topological polar surface area (TPSA) is 46.2 Å². The van der Waals surface area contributed by atoms with Gasteiger partial charge in [0.25, 0.3) is 10.0 Å². The zero-order chi connectivity index (χ0) is 17.4. The quantitative estimate of drug-likeness (QED) is 0.655. The van der Waals surface area contributed by atoms with Gasteiger partial charge in [-0.05, 0) is 63.0 Å². The van der Waals surface area contributed by atoms with E-state index in [0.29, 0.717) is 0 Å². The first-order chi connectivity index (χ1) is 10.5. The van der Waals surface area contributed by atoms with Crippen LogP contribution in [-0.2, 0) is 16.2 Å². The van der Waals surface area contributed by atoms with Gasteiger partial charge in [0.05, 0.1) is 16.1 Å². The summed E-state index contributed by atoms with van der Waals surface area (Å²) in [6.07, 6.45) is -4.53. The third-order valence-electron chi connectivity index (χ3n) is 2.94. The lowest BCUT2D eigenvalue weighted by Crippen LogP contribution is -2.14. The molecule has 0 bridgehead atoms. The molecule has 2 rings (SSSR count). The Morgan fingerprint density at radius 3 is 1.91 bits per heavy atom. The monoisotopic (exact) mass is 471 g/mol. The molecule has 2 aromatic rings. The summed E-state index contributed by atoms with van der Waals surface area (Å²) in [7, 11) is -3.91. The minimum Gasteiger partial charge on any atom is -0.277 e.